The molecule has 0 aromatic carbocycles. The summed E-state index contributed by atoms with van der Waals surface area (Å²) < 4.78 is 3.50. The van der Waals surface area contributed by atoms with Crippen LogP contribution in [0.3, 0.4) is 0 Å². The van der Waals surface area contributed by atoms with Crippen LogP contribution in [-0.2, 0) is 20.2 Å². The zero-order valence-electron chi connectivity index (χ0n) is 9.18. The van der Waals surface area contributed by atoms with Crippen molar-refractivity contribution < 1.29 is 5.11 Å². The molecule has 2 rings (SSSR count). The molecule has 0 spiro atoms. The standard InChI is InChI=1S/C10H13ClN4O/c1-7-8(10(11)14(2)13-7)5-15-4-3-12-9(15)6-16/h3-4,16H,5-6H2,1-2H3. The number of hydrogen-bond acceptors (Lipinski definition) is 3. The predicted octanol–water partition coefficient (Wildman–Crippen LogP) is 1.12. The molecule has 0 aliphatic rings. The van der Waals surface area contributed by atoms with Crippen molar-refractivity contribution in [2.24, 2.45) is 7.05 Å². The van der Waals surface area contributed by atoms with Gasteiger partial charge in [0.1, 0.15) is 17.6 Å². The third-order valence-corrected chi connectivity index (χ3v) is 3.01. The molecule has 0 aliphatic carbocycles. The Labute approximate surface area is 98.3 Å². The molecule has 0 atom stereocenters. The molecule has 16 heavy (non-hydrogen) atoms. The largest absolute Gasteiger partial charge is 0.388 e. The number of imidazole rings is 1. The summed E-state index contributed by atoms with van der Waals surface area (Å²) in [4.78, 5) is 4.04. The van der Waals surface area contributed by atoms with Gasteiger partial charge in [0.25, 0.3) is 0 Å². The van der Waals surface area contributed by atoms with E-state index >= 15 is 0 Å². The van der Waals surface area contributed by atoms with Crippen molar-refractivity contribution in [3.8, 4) is 0 Å². The number of aliphatic hydroxyl groups is 1. The van der Waals surface area contributed by atoms with E-state index in [0.717, 1.165) is 11.3 Å². The molecule has 0 saturated carbocycles. The molecule has 0 fully saturated rings. The normalized spacial score (nSPS) is 11.0. The first-order valence-electron chi connectivity index (χ1n) is 4.92. The van der Waals surface area contributed by atoms with Crippen molar-refractivity contribution in [2.45, 2.75) is 20.1 Å². The van der Waals surface area contributed by atoms with E-state index in [1.807, 2.05) is 17.7 Å². The molecular weight excluding hydrogens is 228 g/mol. The Hall–Kier alpha value is -1.33. The lowest BCUT2D eigenvalue weighted by molar-refractivity contribution is 0.266. The topological polar surface area (TPSA) is 55.9 Å². The van der Waals surface area contributed by atoms with E-state index < -0.39 is 0 Å². The Bertz CT molecular complexity index is 503. The highest BCUT2D eigenvalue weighted by Crippen LogP contribution is 2.20. The van der Waals surface area contributed by atoms with Crippen LogP contribution in [-0.4, -0.2) is 24.4 Å². The van der Waals surface area contributed by atoms with E-state index in [1.54, 1.807) is 17.9 Å². The van der Waals surface area contributed by atoms with Crippen LogP contribution in [0, 0.1) is 6.92 Å². The molecule has 2 aromatic heterocycles. The molecule has 0 amide bonds. The number of aryl methyl sites for hydroxylation is 2. The highest BCUT2D eigenvalue weighted by molar-refractivity contribution is 6.30. The Morgan fingerprint density at radius 1 is 1.50 bits per heavy atom. The molecule has 1 N–H and O–H groups in total. The molecule has 0 bridgehead atoms. The van der Waals surface area contributed by atoms with Gasteiger partial charge in [-0.3, -0.25) is 4.68 Å². The van der Waals surface area contributed by atoms with Crippen molar-refractivity contribution in [1.29, 1.82) is 0 Å². The van der Waals surface area contributed by atoms with Crippen LogP contribution in [0.4, 0.5) is 0 Å². The lowest BCUT2D eigenvalue weighted by Crippen LogP contribution is -2.05. The van der Waals surface area contributed by atoms with Crippen LogP contribution in [0.5, 0.6) is 0 Å². The van der Waals surface area contributed by atoms with Crippen molar-refractivity contribution in [1.82, 2.24) is 19.3 Å². The summed E-state index contributed by atoms with van der Waals surface area (Å²) in [6.07, 6.45) is 3.47. The molecule has 2 heterocycles. The third kappa shape index (κ3) is 1.83. The van der Waals surface area contributed by atoms with Gasteiger partial charge in [-0.2, -0.15) is 5.10 Å². The number of rotatable bonds is 3. The minimum Gasteiger partial charge on any atom is -0.388 e. The quantitative estimate of drug-likeness (QED) is 0.875. The summed E-state index contributed by atoms with van der Waals surface area (Å²) in [5.74, 6) is 0.624. The molecule has 5 nitrogen and oxygen atoms in total. The molecule has 0 aliphatic heterocycles. The van der Waals surface area contributed by atoms with Crippen LogP contribution in [0.1, 0.15) is 17.1 Å². The van der Waals surface area contributed by atoms with E-state index in [9.17, 15) is 0 Å². The van der Waals surface area contributed by atoms with Gasteiger partial charge in [0, 0.05) is 25.0 Å². The molecule has 0 unspecified atom stereocenters. The summed E-state index contributed by atoms with van der Waals surface area (Å²) in [7, 11) is 1.81. The van der Waals surface area contributed by atoms with Gasteiger partial charge < -0.3 is 9.67 Å². The minimum absolute atomic E-state index is 0.0794. The van der Waals surface area contributed by atoms with Gasteiger partial charge in [-0.05, 0) is 6.92 Å². The Morgan fingerprint density at radius 3 is 2.81 bits per heavy atom. The van der Waals surface area contributed by atoms with Crippen molar-refractivity contribution in [3.63, 3.8) is 0 Å². The van der Waals surface area contributed by atoms with Crippen molar-refractivity contribution >= 4 is 11.6 Å². The molecule has 2 aromatic rings. The minimum atomic E-state index is -0.0794. The second-order valence-electron chi connectivity index (χ2n) is 3.61. The summed E-state index contributed by atoms with van der Waals surface area (Å²) in [6.45, 7) is 2.41. The zero-order valence-corrected chi connectivity index (χ0v) is 9.94. The van der Waals surface area contributed by atoms with E-state index in [4.69, 9.17) is 16.7 Å². The van der Waals surface area contributed by atoms with Gasteiger partial charge in [0.05, 0.1) is 12.2 Å². The van der Waals surface area contributed by atoms with Crippen LogP contribution < -0.4 is 0 Å². The second-order valence-corrected chi connectivity index (χ2v) is 3.97. The Morgan fingerprint density at radius 2 is 2.25 bits per heavy atom. The van der Waals surface area contributed by atoms with E-state index in [0.29, 0.717) is 17.5 Å². The van der Waals surface area contributed by atoms with Crippen molar-refractivity contribution in [3.05, 3.63) is 34.6 Å². The zero-order chi connectivity index (χ0) is 11.7. The Kier molecular flexibility index (Phi) is 2.98. The first-order valence-corrected chi connectivity index (χ1v) is 5.30. The number of hydrogen-bond donors (Lipinski definition) is 1. The van der Waals surface area contributed by atoms with Crippen molar-refractivity contribution in [2.75, 3.05) is 0 Å². The summed E-state index contributed by atoms with van der Waals surface area (Å²) in [5, 5.41) is 13.9. The van der Waals surface area contributed by atoms with Crippen LogP contribution in [0.25, 0.3) is 0 Å². The molecular formula is C10H13ClN4O. The third-order valence-electron chi connectivity index (χ3n) is 2.54. The Balaban J connectivity index is 2.34. The van der Waals surface area contributed by atoms with E-state index in [1.165, 1.54) is 0 Å². The van der Waals surface area contributed by atoms with Gasteiger partial charge in [-0.15, -0.1) is 0 Å². The average Bonchev–Trinajstić information content (AvgIpc) is 2.79. The number of aromatic nitrogens is 4. The molecule has 6 heteroatoms. The summed E-state index contributed by atoms with van der Waals surface area (Å²) in [5.41, 5.74) is 1.85. The molecule has 0 saturated heterocycles. The van der Waals surface area contributed by atoms with Gasteiger partial charge in [-0.1, -0.05) is 11.6 Å². The molecule has 86 valence electrons. The maximum atomic E-state index is 9.09. The van der Waals surface area contributed by atoms with Gasteiger partial charge in [0.2, 0.25) is 0 Å². The van der Waals surface area contributed by atoms with Crippen LogP contribution in [0.2, 0.25) is 5.15 Å². The van der Waals surface area contributed by atoms with E-state index in [2.05, 4.69) is 10.1 Å². The molecule has 0 radical (unpaired) electrons. The fourth-order valence-corrected chi connectivity index (χ4v) is 1.89. The average molecular weight is 241 g/mol. The highest BCUT2D eigenvalue weighted by Gasteiger charge is 2.12. The number of halogens is 1. The lowest BCUT2D eigenvalue weighted by atomic mass is 10.2. The summed E-state index contributed by atoms with van der Waals surface area (Å²) in [6, 6.07) is 0. The SMILES string of the molecule is Cc1nn(C)c(Cl)c1Cn1ccnc1CO. The van der Waals surface area contributed by atoms with Gasteiger partial charge >= 0.3 is 0 Å². The number of nitrogens with zero attached hydrogens (tertiary/aromatic N) is 4. The first-order chi connectivity index (χ1) is 7.63. The van der Waals surface area contributed by atoms with Gasteiger partial charge in [-0.25, -0.2) is 4.98 Å². The first kappa shape index (κ1) is 11.2. The number of aliphatic hydroxyl groups excluding tert-OH is 1. The lowest BCUT2D eigenvalue weighted by Gasteiger charge is -2.05. The van der Waals surface area contributed by atoms with Crippen LogP contribution >= 0.6 is 11.6 Å². The fraction of sp³-hybridized carbons (Fsp3) is 0.400. The van der Waals surface area contributed by atoms with Gasteiger partial charge in [0.15, 0.2) is 0 Å². The van der Waals surface area contributed by atoms with Crippen LogP contribution in [0.15, 0.2) is 12.4 Å². The predicted molar refractivity (Wildman–Crippen MR) is 60.2 cm³/mol. The monoisotopic (exact) mass is 240 g/mol. The maximum Gasteiger partial charge on any atom is 0.134 e. The maximum absolute atomic E-state index is 9.09. The van der Waals surface area contributed by atoms with E-state index in [-0.39, 0.29) is 6.61 Å². The highest BCUT2D eigenvalue weighted by atomic mass is 35.5. The smallest absolute Gasteiger partial charge is 0.134 e. The second kappa shape index (κ2) is 4.27. The summed E-state index contributed by atoms with van der Waals surface area (Å²) >= 11 is 6.13. The fourth-order valence-electron chi connectivity index (χ4n) is 1.66.